The maximum atomic E-state index is 11.9. The molecule has 0 bridgehead atoms. The Bertz CT molecular complexity index is 588. The van der Waals surface area contributed by atoms with Gasteiger partial charge in [0.25, 0.3) is 0 Å². The van der Waals surface area contributed by atoms with Crippen molar-refractivity contribution in [2.75, 3.05) is 6.54 Å². The van der Waals surface area contributed by atoms with Crippen LogP contribution in [0.1, 0.15) is 17.9 Å². The molecule has 0 spiro atoms. The highest BCUT2D eigenvalue weighted by atomic mass is 32.2. The van der Waals surface area contributed by atoms with E-state index in [1.54, 1.807) is 19.3 Å². The number of rotatable bonds is 6. The first-order valence-electron chi connectivity index (χ1n) is 5.57. The highest BCUT2D eigenvalue weighted by Gasteiger charge is 2.17. The van der Waals surface area contributed by atoms with E-state index in [-0.39, 0.29) is 4.90 Å². The minimum Gasteiger partial charge on any atom is -0.349 e. The van der Waals surface area contributed by atoms with Crippen LogP contribution in [0.2, 0.25) is 0 Å². The molecule has 0 radical (unpaired) electrons. The Morgan fingerprint density at radius 1 is 1.44 bits per heavy atom. The van der Waals surface area contributed by atoms with Crippen LogP contribution in [0.4, 0.5) is 0 Å². The summed E-state index contributed by atoms with van der Waals surface area (Å²) in [6.07, 6.45) is 6.12. The van der Waals surface area contributed by atoms with Crippen molar-refractivity contribution in [3.8, 4) is 0 Å². The van der Waals surface area contributed by atoms with Crippen LogP contribution in [0.15, 0.2) is 23.5 Å². The zero-order valence-corrected chi connectivity index (χ0v) is 10.8. The summed E-state index contributed by atoms with van der Waals surface area (Å²) in [6.45, 7) is 2.04. The van der Waals surface area contributed by atoms with Gasteiger partial charge in [-0.1, -0.05) is 0 Å². The Balaban J connectivity index is 1.85. The molecule has 0 atom stereocenters. The summed E-state index contributed by atoms with van der Waals surface area (Å²) in [7, 11) is -3.46. The predicted octanol–water partition coefficient (Wildman–Crippen LogP) is 0.352. The van der Waals surface area contributed by atoms with Crippen molar-refractivity contribution in [3.05, 3.63) is 30.1 Å². The quantitative estimate of drug-likeness (QED) is 0.658. The zero-order valence-electron chi connectivity index (χ0n) is 9.97. The van der Waals surface area contributed by atoms with E-state index in [0.717, 1.165) is 5.82 Å². The topological polar surface area (TPSA) is 104 Å². The molecule has 7 nitrogen and oxygen atoms in total. The molecule has 0 aliphatic carbocycles. The Morgan fingerprint density at radius 2 is 2.28 bits per heavy atom. The fourth-order valence-corrected chi connectivity index (χ4v) is 2.79. The number of nitrogens with one attached hydrogen (secondary N) is 3. The lowest BCUT2D eigenvalue weighted by Gasteiger charge is -2.04. The van der Waals surface area contributed by atoms with E-state index < -0.39 is 10.0 Å². The molecule has 0 amide bonds. The molecule has 0 fully saturated rings. The number of aryl methyl sites for hydroxylation is 2. The standard InChI is InChI=1S/C10H15N5O2S/c1-8-9(7-13-15-8)18(16,17)14-4-2-3-10-11-5-6-12-10/h5-7,14H,2-4H2,1H3,(H,11,12)(H,13,15). The molecule has 18 heavy (non-hydrogen) atoms. The van der Waals surface area contributed by atoms with E-state index in [2.05, 4.69) is 24.9 Å². The van der Waals surface area contributed by atoms with E-state index >= 15 is 0 Å². The first-order chi connectivity index (χ1) is 8.59. The zero-order chi connectivity index (χ0) is 13.0. The van der Waals surface area contributed by atoms with Crippen LogP contribution < -0.4 is 4.72 Å². The van der Waals surface area contributed by atoms with Crippen molar-refractivity contribution >= 4 is 10.0 Å². The number of H-pyrrole nitrogens is 2. The number of hydrogen-bond acceptors (Lipinski definition) is 4. The smallest absolute Gasteiger partial charge is 0.243 e. The molecule has 0 saturated heterocycles. The Morgan fingerprint density at radius 3 is 2.89 bits per heavy atom. The number of imidazole rings is 1. The highest BCUT2D eigenvalue weighted by Crippen LogP contribution is 2.10. The summed E-state index contributed by atoms with van der Waals surface area (Å²) in [4.78, 5) is 7.23. The van der Waals surface area contributed by atoms with Gasteiger partial charge in [0.1, 0.15) is 10.7 Å². The van der Waals surface area contributed by atoms with Gasteiger partial charge in [-0.2, -0.15) is 5.10 Å². The third-order valence-electron chi connectivity index (χ3n) is 2.51. The van der Waals surface area contributed by atoms with Crippen LogP contribution in [-0.2, 0) is 16.4 Å². The van der Waals surface area contributed by atoms with Crippen LogP contribution in [0.5, 0.6) is 0 Å². The summed E-state index contributed by atoms with van der Waals surface area (Å²) in [5.41, 5.74) is 0.536. The summed E-state index contributed by atoms with van der Waals surface area (Å²) in [6, 6.07) is 0. The SMILES string of the molecule is Cc1[nH]ncc1S(=O)(=O)NCCCc1ncc[nH]1. The van der Waals surface area contributed by atoms with Gasteiger partial charge in [-0.25, -0.2) is 18.1 Å². The minimum absolute atomic E-state index is 0.195. The van der Waals surface area contributed by atoms with Gasteiger partial charge in [-0.3, -0.25) is 5.10 Å². The van der Waals surface area contributed by atoms with Crippen molar-refractivity contribution in [2.24, 2.45) is 0 Å². The average molecular weight is 269 g/mol. The fourth-order valence-electron chi connectivity index (χ4n) is 1.59. The monoisotopic (exact) mass is 269 g/mol. The molecule has 0 aromatic carbocycles. The van der Waals surface area contributed by atoms with E-state index in [1.165, 1.54) is 6.20 Å². The van der Waals surface area contributed by atoms with Crippen LogP contribution in [0.3, 0.4) is 0 Å². The number of aromatic nitrogens is 4. The lowest BCUT2D eigenvalue weighted by Crippen LogP contribution is -2.25. The molecule has 0 saturated carbocycles. The second-order valence-corrected chi connectivity index (χ2v) is 5.63. The van der Waals surface area contributed by atoms with Crippen LogP contribution in [0.25, 0.3) is 0 Å². The Kier molecular flexibility index (Phi) is 3.78. The predicted molar refractivity (Wildman–Crippen MR) is 65.4 cm³/mol. The number of sulfonamides is 1. The van der Waals surface area contributed by atoms with Crippen LogP contribution >= 0.6 is 0 Å². The molecule has 98 valence electrons. The molecule has 8 heteroatoms. The Labute approximate surface area is 105 Å². The van der Waals surface area contributed by atoms with Crippen molar-refractivity contribution in [2.45, 2.75) is 24.7 Å². The van der Waals surface area contributed by atoms with Gasteiger partial charge in [-0.15, -0.1) is 0 Å². The molecule has 0 unspecified atom stereocenters. The van der Waals surface area contributed by atoms with E-state index in [9.17, 15) is 8.42 Å². The number of hydrogen-bond donors (Lipinski definition) is 3. The van der Waals surface area contributed by atoms with E-state index in [1.807, 2.05) is 0 Å². The first kappa shape index (κ1) is 12.8. The van der Waals surface area contributed by atoms with Gasteiger partial charge in [0.2, 0.25) is 10.0 Å². The molecular weight excluding hydrogens is 254 g/mol. The Hall–Kier alpha value is -1.67. The van der Waals surface area contributed by atoms with E-state index in [0.29, 0.717) is 25.1 Å². The normalized spacial score (nSPS) is 11.8. The maximum Gasteiger partial charge on any atom is 0.243 e. The van der Waals surface area contributed by atoms with Crippen LogP contribution in [-0.4, -0.2) is 35.1 Å². The van der Waals surface area contributed by atoms with Crippen molar-refractivity contribution in [1.29, 1.82) is 0 Å². The summed E-state index contributed by atoms with van der Waals surface area (Å²) >= 11 is 0. The van der Waals surface area contributed by atoms with Gasteiger partial charge in [0, 0.05) is 25.4 Å². The van der Waals surface area contributed by atoms with Gasteiger partial charge in [0.05, 0.1) is 11.9 Å². The molecule has 2 heterocycles. The van der Waals surface area contributed by atoms with Crippen molar-refractivity contribution < 1.29 is 8.42 Å². The van der Waals surface area contributed by atoms with Gasteiger partial charge in [0.15, 0.2) is 0 Å². The average Bonchev–Trinajstić information content (AvgIpc) is 2.95. The largest absolute Gasteiger partial charge is 0.349 e. The van der Waals surface area contributed by atoms with Gasteiger partial charge >= 0.3 is 0 Å². The van der Waals surface area contributed by atoms with E-state index in [4.69, 9.17) is 0 Å². The molecule has 0 aliphatic rings. The molecular formula is C10H15N5O2S. The third kappa shape index (κ3) is 2.96. The number of nitrogens with zero attached hydrogens (tertiary/aromatic N) is 2. The first-order valence-corrected chi connectivity index (χ1v) is 7.06. The maximum absolute atomic E-state index is 11.9. The summed E-state index contributed by atoms with van der Waals surface area (Å²) in [5.74, 6) is 0.855. The van der Waals surface area contributed by atoms with Gasteiger partial charge in [-0.05, 0) is 13.3 Å². The second-order valence-electron chi connectivity index (χ2n) is 3.90. The molecule has 2 aromatic rings. The van der Waals surface area contributed by atoms with Crippen molar-refractivity contribution in [1.82, 2.24) is 24.9 Å². The lowest BCUT2D eigenvalue weighted by atomic mass is 10.3. The molecule has 2 rings (SSSR count). The van der Waals surface area contributed by atoms with Gasteiger partial charge < -0.3 is 4.98 Å². The molecule has 0 aliphatic heterocycles. The fraction of sp³-hybridized carbons (Fsp3) is 0.400. The highest BCUT2D eigenvalue weighted by molar-refractivity contribution is 7.89. The second kappa shape index (κ2) is 5.32. The summed E-state index contributed by atoms with van der Waals surface area (Å²) in [5, 5.41) is 6.30. The molecule has 3 N–H and O–H groups in total. The third-order valence-corrected chi connectivity index (χ3v) is 4.09. The lowest BCUT2D eigenvalue weighted by molar-refractivity contribution is 0.578. The van der Waals surface area contributed by atoms with Crippen LogP contribution in [0, 0.1) is 6.92 Å². The minimum atomic E-state index is -3.46. The van der Waals surface area contributed by atoms with Crippen molar-refractivity contribution in [3.63, 3.8) is 0 Å². The molecule has 2 aromatic heterocycles. The number of aromatic amines is 2. The summed E-state index contributed by atoms with van der Waals surface area (Å²) < 4.78 is 26.3.